The van der Waals surface area contributed by atoms with Gasteiger partial charge in [-0.3, -0.25) is 4.90 Å². The van der Waals surface area contributed by atoms with E-state index in [1.165, 1.54) is 7.05 Å². The maximum absolute atomic E-state index is 13.0. The van der Waals surface area contributed by atoms with Crippen LogP contribution >= 0.6 is 0 Å². The van der Waals surface area contributed by atoms with E-state index < -0.39 is 48.4 Å². The largest absolute Gasteiger partial charge is 0.480 e. The standard InChI is InChI=1S/C29H36N2O8/c1-17(2)24(26(34)37-16-23(25(32)33)30-27(35)39-29(3,4)5)31(6)28(36)38-15-22-20-13-9-7-11-18(20)19-12-8-10-14-21(19)22/h7-14,17,22-24H,15-16H2,1-6H3,(H,30,35)(H,32,33)/t23-,24?/m1/s1. The van der Waals surface area contributed by atoms with Gasteiger partial charge >= 0.3 is 24.1 Å². The highest BCUT2D eigenvalue weighted by atomic mass is 16.6. The molecule has 1 aliphatic carbocycles. The Morgan fingerprint density at radius 3 is 1.97 bits per heavy atom. The first-order valence-corrected chi connectivity index (χ1v) is 12.8. The Kier molecular flexibility index (Phi) is 9.21. The number of rotatable bonds is 9. The number of nitrogens with zero attached hydrogens (tertiary/aromatic N) is 1. The molecule has 2 aromatic rings. The van der Waals surface area contributed by atoms with Gasteiger partial charge in [-0.15, -0.1) is 0 Å². The van der Waals surface area contributed by atoms with Crippen molar-refractivity contribution < 1.29 is 38.5 Å². The van der Waals surface area contributed by atoms with Crippen LogP contribution in [0.3, 0.4) is 0 Å². The Morgan fingerprint density at radius 2 is 1.49 bits per heavy atom. The first-order chi connectivity index (χ1) is 18.3. The zero-order chi connectivity index (χ0) is 28.9. The smallest absolute Gasteiger partial charge is 0.410 e. The van der Waals surface area contributed by atoms with Crippen molar-refractivity contribution in [2.75, 3.05) is 20.3 Å². The Balaban J connectivity index is 1.63. The third-order valence-electron chi connectivity index (χ3n) is 6.30. The molecule has 2 atom stereocenters. The molecule has 2 amide bonds. The van der Waals surface area contributed by atoms with Gasteiger partial charge in [0.1, 0.15) is 24.9 Å². The molecule has 0 fully saturated rings. The van der Waals surface area contributed by atoms with Crippen LogP contribution in [0.1, 0.15) is 51.7 Å². The van der Waals surface area contributed by atoms with Gasteiger partial charge in [0.05, 0.1) is 0 Å². The number of esters is 1. The van der Waals surface area contributed by atoms with Gasteiger partial charge in [-0.25, -0.2) is 19.2 Å². The molecule has 0 bridgehead atoms. The molecular weight excluding hydrogens is 504 g/mol. The van der Waals surface area contributed by atoms with Gasteiger partial charge in [-0.2, -0.15) is 0 Å². The minimum Gasteiger partial charge on any atom is -0.480 e. The zero-order valence-electron chi connectivity index (χ0n) is 23.1. The average molecular weight is 541 g/mol. The molecule has 2 aromatic carbocycles. The van der Waals surface area contributed by atoms with Crippen molar-refractivity contribution in [3.63, 3.8) is 0 Å². The van der Waals surface area contributed by atoms with Gasteiger partial charge in [0.25, 0.3) is 0 Å². The first-order valence-electron chi connectivity index (χ1n) is 12.8. The summed E-state index contributed by atoms with van der Waals surface area (Å²) in [5.41, 5.74) is 3.48. The molecule has 210 valence electrons. The fourth-order valence-corrected chi connectivity index (χ4v) is 4.56. The molecule has 0 saturated heterocycles. The van der Waals surface area contributed by atoms with E-state index in [-0.39, 0.29) is 18.4 Å². The first kappa shape index (κ1) is 29.5. The molecule has 39 heavy (non-hydrogen) atoms. The fourth-order valence-electron chi connectivity index (χ4n) is 4.56. The number of aliphatic carboxylic acids is 1. The second kappa shape index (κ2) is 12.2. The molecule has 3 rings (SSSR count). The Labute approximate surface area is 228 Å². The van der Waals surface area contributed by atoms with Crippen LogP contribution in [0.5, 0.6) is 0 Å². The number of ether oxygens (including phenoxy) is 3. The lowest BCUT2D eigenvalue weighted by atomic mass is 9.98. The summed E-state index contributed by atoms with van der Waals surface area (Å²) in [5, 5.41) is 11.6. The molecular formula is C29H36N2O8. The van der Waals surface area contributed by atoms with Crippen LogP contribution < -0.4 is 5.32 Å². The topological polar surface area (TPSA) is 131 Å². The van der Waals surface area contributed by atoms with Crippen LogP contribution in [0.2, 0.25) is 0 Å². The highest BCUT2D eigenvalue weighted by Gasteiger charge is 2.35. The van der Waals surface area contributed by atoms with E-state index in [1.54, 1.807) is 34.6 Å². The van der Waals surface area contributed by atoms with E-state index in [0.29, 0.717) is 0 Å². The van der Waals surface area contributed by atoms with Crippen molar-refractivity contribution in [2.24, 2.45) is 5.92 Å². The predicted molar refractivity (Wildman–Crippen MR) is 143 cm³/mol. The number of hydrogen-bond donors (Lipinski definition) is 2. The number of hydrogen-bond acceptors (Lipinski definition) is 7. The Morgan fingerprint density at radius 1 is 0.949 bits per heavy atom. The van der Waals surface area contributed by atoms with E-state index in [0.717, 1.165) is 27.2 Å². The lowest BCUT2D eigenvalue weighted by molar-refractivity contribution is -0.154. The minimum atomic E-state index is -1.53. The number of nitrogens with one attached hydrogen (secondary N) is 1. The number of carboxylic acid groups (broad SMARTS) is 1. The molecule has 0 spiro atoms. The van der Waals surface area contributed by atoms with Crippen LogP contribution in [0.25, 0.3) is 11.1 Å². The quantitative estimate of drug-likeness (QED) is 0.353. The molecule has 0 aliphatic heterocycles. The number of fused-ring (bicyclic) bond motifs is 3. The predicted octanol–water partition coefficient (Wildman–Crippen LogP) is 4.41. The third kappa shape index (κ3) is 7.28. The number of benzene rings is 2. The summed E-state index contributed by atoms with van der Waals surface area (Å²) in [4.78, 5) is 50.7. The van der Waals surface area contributed by atoms with Crippen LogP contribution in [-0.2, 0) is 23.8 Å². The molecule has 10 heteroatoms. The van der Waals surface area contributed by atoms with Crippen LogP contribution in [0.4, 0.5) is 9.59 Å². The van der Waals surface area contributed by atoms with E-state index in [1.807, 2.05) is 48.5 Å². The van der Waals surface area contributed by atoms with Crippen LogP contribution in [0.15, 0.2) is 48.5 Å². The summed E-state index contributed by atoms with van der Waals surface area (Å²) < 4.78 is 16.0. The summed E-state index contributed by atoms with van der Waals surface area (Å²) >= 11 is 0. The zero-order valence-corrected chi connectivity index (χ0v) is 23.1. The monoisotopic (exact) mass is 540 g/mol. The second-order valence-electron chi connectivity index (χ2n) is 10.8. The highest BCUT2D eigenvalue weighted by Crippen LogP contribution is 2.44. The van der Waals surface area contributed by atoms with Crippen molar-refractivity contribution in [1.29, 1.82) is 0 Å². The van der Waals surface area contributed by atoms with E-state index >= 15 is 0 Å². The molecule has 0 saturated carbocycles. The van der Waals surface area contributed by atoms with Crippen LogP contribution in [0, 0.1) is 5.92 Å². The van der Waals surface area contributed by atoms with Gasteiger partial charge in [-0.1, -0.05) is 62.4 Å². The molecule has 1 aliphatic rings. The number of alkyl carbamates (subject to hydrolysis) is 1. The summed E-state index contributed by atoms with van der Waals surface area (Å²) in [6.45, 7) is 7.80. The van der Waals surface area contributed by atoms with E-state index in [4.69, 9.17) is 14.2 Å². The molecule has 2 N–H and O–H groups in total. The lowest BCUT2D eigenvalue weighted by Gasteiger charge is -2.29. The number of amides is 2. The van der Waals surface area contributed by atoms with Gasteiger partial charge in [0, 0.05) is 13.0 Å². The van der Waals surface area contributed by atoms with Gasteiger partial charge < -0.3 is 24.6 Å². The lowest BCUT2D eigenvalue weighted by Crippen LogP contribution is -2.50. The Hall–Kier alpha value is -4.08. The molecule has 0 aromatic heterocycles. The van der Waals surface area contributed by atoms with Crippen molar-refractivity contribution >= 4 is 24.1 Å². The van der Waals surface area contributed by atoms with Crippen molar-refractivity contribution in [1.82, 2.24) is 10.2 Å². The summed E-state index contributed by atoms with van der Waals surface area (Å²) in [7, 11) is 1.43. The maximum Gasteiger partial charge on any atom is 0.410 e. The average Bonchev–Trinajstić information content (AvgIpc) is 3.17. The van der Waals surface area contributed by atoms with Crippen LogP contribution in [-0.4, -0.2) is 72.1 Å². The number of likely N-dealkylation sites (N-methyl/N-ethyl adjacent to an activating group) is 1. The number of carboxylic acids is 1. The molecule has 1 unspecified atom stereocenters. The minimum absolute atomic E-state index is 0.0813. The van der Waals surface area contributed by atoms with Crippen molar-refractivity contribution in [3.05, 3.63) is 59.7 Å². The van der Waals surface area contributed by atoms with Gasteiger partial charge in [0.2, 0.25) is 0 Å². The fraction of sp³-hybridized carbons (Fsp3) is 0.448. The van der Waals surface area contributed by atoms with Crippen molar-refractivity contribution in [3.8, 4) is 11.1 Å². The SMILES string of the molecule is CC(C)C(C(=O)OC[C@@H](NC(=O)OC(C)(C)C)C(=O)O)N(C)C(=O)OCC1c2ccccc2-c2ccccc21. The normalized spacial score (nSPS) is 14.0. The molecule has 0 heterocycles. The van der Waals surface area contributed by atoms with Gasteiger partial charge in [-0.05, 0) is 48.9 Å². The number of carbonyl (C=O) groups excluding carboxylic acids is 3. The van der Waals surface area contributed by atoms with Gasteiger partial charge in [0.15, 0.2) is 6.04 Å². The van der Waals surface area contributed by atoms with Crippen molar-refractivity contribution in [2.45, 2.75) is 58.2 Å². The number of carbonyl (C=O) groups is 4. The highest BCUT2D eigenvalue weighted by molar-refractivity contribution is 5.83. The Bertz CT molecular complexity index is 1170. The molecule has 0 radical (unpaired) electrons. The second-order valence-corrected chi connectivity index (χ2v) is 10.8. The third-order valence-corrected chi connectivity index (χ3v) is 6.30. The van der Waals surface area contributed by atoms with E-state index in [2.05, 4.69) is 5.32 Å². The van der Waals surface area contributed by atoms with E-state index in [9.17, 15) is 24.3 Å². The molecule has 10 nitrogen and oxygen atoms in total. The maximum atomic E-state index is 13.0. The summed E-state index contributed by atoms with van der Waals surface area (Å²) in [5.74, 6) is -2.74. The summed E-state index contributed by atoms with van der Waals surface area (Å²) in [6, 6.07) is 13.3. The summed E-state index contributed by atoms with van der Waals surface area (Å²) in [6.07, 6.45) is -1.67.